The lowest BCUT2D eigenvalue weighted by Gasteiger charge is -2.35. The minimum atomic E-state index is -4.00. The molecular weight excluding hydrogens is 386 g/mol. The van der Waals surface area contributed by atoms with E-state index in [1.807, 2.05) is 0 Å². The molecule has 0 amide bonds. The highest BCUT2D eigenvalue weighted by Crippen LogP contribution is 2.32. The number of pyridine rings is 1. The normalized spacial score (nSPS) is 19.1. The molecule has 6 N–H and O–H groups in total. The van der Waals surface area contributed by atoms with Gasteiger partial charge in [0.2, 0.25) is 0 Å². The van der Waals surface area contributed by atoms with Crippen molar-refractivity contribution in [2.75, 3.05) is 18.0 Å². The first kappa shape index (κ1) is 18.9. The number of nitrogens with two attached hydrogens (primary N) is 1. The lowest BCUT2D eigenvalue weighted by Crippen LogP contribution is -2.40. The van der Waals surface area contributed by atoms with Crippen LogP contribution in [0.15, 0.2) is 35.7 Å². The summed E-state index contributed by atoms with van der Waals surface area (Å²) in [7, 11) is -4.00. The average Bonchev–Trinajstić information content (AvgIpc) is 3.23. The van der Waals surface area contributed by atoms with Crippen LogP contribution in [0.4, 0.5) is 5.69 Å². The number of hydrazine groups is 3. The van der Waals surface area contributed by atoms with Crippen molar-refractivity contribution in [1.82, 2.24) is 36.9 Å². The number of ether oxygens (including phenoxy) is 1. The molecule has 0 radical (unpaired) electrons. The van der Waals surface area contributed by atoms with E-state index >= 15 is 0 Å². The van der Waals surface area contributed by atoms with Crippen LogP contribution in [-0.4, -0.2) is 42.6 Å². The first-order chi connectivity index (χ1) is 13.5. The number of hydrogen-bond donors (Lipinski definition) is 5. The monoisotopic (exact) mass is 407 g/mol. The standard InChI is InChI=1S/C15H21N9O3S/c16-28(25,26)14-12(13-20-22-23-21-13)11(2-7-17-14)24-8-3-10(4-9-24)27-15-18-5-1-6-19-15/h1-2,5-7,10,13,20-23H,3-4,8-9H2,(H2,16,25,26). The Morgan fingerprint density at radius 1 is 1.07 bits per heavy atom. The van der Waals surface area contributed by atoms with E-state index in [4.69, 9.17) is 9.88 Å². The predicted octanol–water partition coefficient (Wildman–Crippen LogP) is -1.32. The zero-order valence-electron chi connectivity index (χ0n) is 14.9. The van der Waals surface area contributed by atoms with Crippen molar-refractivity contribution in [2.45, 2.75) is 30.1 Å². The molecule has 2 aliphatic rings. The van der Waals surface area contributed by atoms with Crippen molar-refractivity contribution in [3.8, 4) is 6.01 Å². The van der Waals surface area contributed by atoms with Gasteiger partial charge in [0, 0.05) is 55.8 Å². The number of aromatic nitrogens is 3. The Labute approximate surface area is 161 Å². The molecule has 0 atom stereocenters. The van der Waals surface area contributed by atoms with Gasteiger partial charge in [0.25, 0.3) is 10.0 Å². The van der Waals surface area contributed by atoms with Crippen molar-refractivity contribution in [1.29, 1.82) is 0 Å². The fraction of sp³-hybridized carbons (Fsp3) is 0.400. The third-order valence-corrected chi connectivity index (χ3v) is 5.45. The number of nitrogens with zero attached hydrogens (tertiary/aromatic N) is 4. The Balaban J connectivity index is 1.55. The number of piperidine rings is 1. The van der Waals surface area contributed by atoms with Crippen LogP contribution in [0, 0.1) is 0 Å². The molecule has 0 saturated carbocycles. The van der Waals surface area contributed by atoms with E-state index in [0.717, 1.165) is 18.5 Å². The second kappa shape index (κ2) is 7.90. The molecule has 13 heteroatoms. The topological polar surface area (TPSA) is 159 Å². The van der Waals surface area contributed by atoms with E-state index in [0.29, 0.717) is 24.7 Å². The molecular formula is C15H21N9O3S. The van der Waals surface area contributed by atoms with E-state index in [1.54, 1.807) is 24.5 Å². The van der Waals surface area contributed by atoms with Crippen LogP contribution in [0.25, 0.3) is 0 Å². The molecule has 2 aromatic rings. The van der Waals surface area contributed by atoms with Crippen LogP contribution in [0.1, 0.15) is 24.6 Å². The molecule has 28 heavy (non-hydrogen) atoms. The van der Waals surface area contributed by atoms with Crippen LogP contribution >= 0.6 is 0 Å². The van der Waals surface area contributed by atoms with Crippen molar-refractivity contribution >= 4 is 15.7 Å². The lowest BCUT2D eigenvalue weighted by molar-refractivity contribution is 0.156. The van der Waals surface area contributed by atoms with Crippen molar-refractivity contribution in [2.24, 2.45) is 5.14 Å². The predicted molar refractivity (Wildman–Crippen MR) is 98.8 cm³/mol. The van der Waals surface area contributed by atoms with Crippen molar-refractivity contribution < 1.29 is 13.2 Å². The Morgan fingerprint density at radius 3 is 2.39 bits per heavy atom. The lowest BCUT2D eigenvalue weighted by atomic mass is 10.1. The van der Waals surface area contributed by atoms with Crippen LogP contribution in [0.5, 0.6) is 6.01 Å². The maximum Gasteiger partial charge on any atom is 0.316 e. The van der Waals surface area contributed by atoms with Crippen LogP contribution in [-0.2, 0) is 10.0 Å². The fourth-order valence-electron chi connectivity index (χ4n) is 3.33. The SMILES string of the molecule is NS(=O)(=O)c1nccc(N2CCC(Oc3ncccn3)CC2)c1C1NNNN1. The Morgan fingerprint density at radius 2 is 1.75 bits per heavy atom. The highest BCUT2D eigenvalue weighted by molar-refractivity contribution is 7.89. The minimum Gasteiger partial charge on any atom is -0.460 e. The smallest absolute Gasteiger partial charge is 0.316 e. The maximum absolute atomic E-state index is 12.1. The number of anilines is 1. The first-order valence-corrected chi connectivity index (χ1v) is 10.3. The minimum absolute atomic E-state index is 0.00675. The number of rotatable bonds is 5. The van der Waals surface area contributed by atoms with E-state index in [9.17, 15) is 8.42 Å². The summed E-state index contributed by atoms with van der Waals surface area (Å²) >= 11 is 0. The van der Waals surface area contributed by atoms with Gasteiger partial charge in [-0.1, -0.05) is 0 Å². The molecule has 4 heterocycles. The Kier molecular flexibility index (Phi) is 5.34. The second-order valence-corrected chi connectivity index (χ2v) is 7.88. The van der Waals surface area contributed by atoms with E-state index in [1.165, 1.54) is 6.20 Å². The summed E-state index contributed by atoms with van der Waals surface area (Å²) in [6.07, 6.45) is 5.68. The van der Waals surface area contributed by atoms with Crippen LogP contribution in [0.2, 0.25) is 0 Å². The maximum atomic E-state index is 12.1. The summed E-state index contributed by atoms with van der Waals surface area (Å²) in [5.41, 5.74) is 12.4. The third kappa shape index (κ3) is 4.04. The zero-order valence-corrected chi connectivity index (χ0v) is 15.7. The first-order valence-electron chi connectivity index (χ1n) is 8.74. The molecule has 0 spiro atoms. The van der Waals surface area contributed by atoms with Crippen LogP contribution in [0.3, 0.4) is 0 Å². The van der Waals surface area contributed by atoms with Gasteiger partial charge >= 0.3 is 6.01 Å². The molecule has 150 valence electrons. The molecule has 2 fully saturated rings. The molecule has 2 aromatic heterocycles. The van der Waals surface area contributed by atoms with Gasteiger partial charge in [0.15, 0.2) is 5.03 Å². The van der Waals surface area contributed by atoms with Gasteiger partial charge < -0.3 is 9.64 Å². The van der Waals surface area contributed by atoms with Crippen LogP contribution < -0.4 is 36.7 Å². The number of hydrogen-bond acceptors (Lipinski definition) is 11. The molecule has 4 rings (SSSR count). The molecule has 2 aliphatic heterocycles. The molecule has 0 unspecified atom stereocenters. The van der Waals surface area contributed by atoms with Crippen molar-refractivity contribution in [3.63, 3.8) is 0 Å². The van der Waals surface area contributed by atoms with E-state index in [-0.39, 0.29) is 11.1 Å². The van der Waals surface area contributed by atoms with Gasteiger partial charge in [-0.2, -0.15) is 11.1 Å². The van der Waals surface area contributed by atoms with Crippen molar-refractivity contribution in [3.05, 3.63) is 36.3 Å². The largest absolute Gasteiger partial charge is 0.460 e. The summed E-state index contributed by atoms with van der Waals surface area (Å²) in [5, 5.41) is 5.22. The summed E-state index contributed by atoms with van der Waals surface area (Å²) in [6.45, 7) is 1.35. The number of nitrogens with one attached hydrogen (secondary N) is 4. The molecule has 0 bridgehead atoms. The van der Waals surface area contributed by atoms with Gasteiger partial charge in [-0.3, -0.25) is 0 Å². The van der Waals surface area contributed by atoms with Gasteiger partial charge in [-0.05, 0) is 12.1 Å². The summed E-state index contributed by atoms with van der Waals surface area (Å²) < 4.78 is 30.0. The quantitative estimate of drug-likeness (QED) is 0.400. The summed E-state index contributed by atoms with van der Waals surface area (Å²) in [5.74, 6) is 0. The van der Waals surface area contributed by atoms with Gasteiger partial charge in [-0.25, -0.2) is 39.4 Å². The second-order valence-electron chi connectivity index (χ2n) is 6.40. The Bertz CT molecular complexity index is 914. The highest BCUT2D eigenvalue weighted by atomic mass is 32.2. The number of primary sulfonamides is 1. The van der Waals surface area contributed by atoms with E-state index < -0.39 is 16.2 Å². The Hall–Kier alpha value is -2.42. The summed E-state index contributed by atoms with van der Waals surface area (Å²) in [4.78, 5) is 14.3. The van der Waals surface area contributed by atoms with Gasteiger partial charge in [0.05, 0.1) is 0 Å². The molecule has 0 aromatic carbocycles. The van der Waals surface area contributed by atoms with Gasteiger partial charge in [-0.15, -0.1) is 0 Å². The third-order valence-electron chi connectivity index (χ3n) is 4.58. The zero-order chi connectivity index (χ0) is 19.6. The molecule has 2 saturated heterocycles. The van der Waals surface area contributed by atoms with Gasteiger partial charge in [0.1, 0.15) is 12.3 Å². The molecule has 0 aliphatic carbocycles. The number of sulfonamides is 1. The summed E-state index contributed by atoms with van der Waals surface area (Å²) in [6, 6.07) is 3.88. The fourth-order valence-corrected chi connectivity index (χ4v) is 4.06. The highest BCUT2D eigenvalue weighted by Gasteiger charge is 2.31. The molecule has 12 nitrogen and oxygen atoms in total. The average molecular weight is 407 g/mol. The van der Waals surface area contributed by atoms with E-state index in [2.05, 4.69) is 41.8 Å².